The van der Waals surface area contributed by atoms with E-state index < -0.39 is 12.0 Å². The number of benzene rings is 1. The number of H-pyrrole nitrogens is 1. The zero-order chi connectivity index (χ0) is 27.6. The summed E-state index contributed by atoms with van der Waals surface area (Å²) in [5, 5.41) is 24.3. The van der Waals surface area contributed by atoms with Crippen LogP contribution in [0.5, 0.6) is 0 Å². The van der Waals surface area contributed by atoms with Crippen molar-refractivity contribution < 1.29 is 19.3 Å². The third-order valence-electron chi connectivity index (χ3n) is 7.53. The van der Waals surface area contributed by atoms with Crippen LogP contribution < -0.4 is 15.8 Å². The molecule has 1 aromatic carbocycles. The number of hydrogen-bond acceptors (Lipinski definition) is 9. The van der Waals surface area contributed by atoms with Crippen LogP contribution >= 0.6 is 0 Å². The second-order valence-corrected chi connectivity index (χ2v) is 10.1. The highest BCUT2D eigenvalue weighted by Gasteiger charge is 2.23. The molecule has 4 N–H and O–H groups in total. The Bertz CT molecular complexity index is 1550. The molecule has 2 fully saturated rings. The third kappa shape index (κ3) is 5.41. The van der Waals surface area contributed by atoms with Gasteiger partial charge in [0, 0.05) is 37.9 Å². The molecule has 0 spiro atoms. The molecule has 0 amide bonds. The van der Waals surface area contributed by atoms with E-state index in [0.29, 0.717) is 60.0 Å². The van der Waals surface area contributed by atoms with Crippen LogP contribution in [0.3, 0.4) is 0 Å². The molecule has 1 atom stereocenters. The minimum Gasteiger partial charge on any atom is -0.393 e. The molecular formula is C29H31FN6O4. The van der Waals surface area contributed by atoms with Gasteiger partial charge >= 0.3 is 0 Å². The number of nitrogens with one attached hydrogen (secondary N) is 2. The van der Waals surface area contributed by atoms with Crippen molar-refractivity contribution in [2.45, 2.75) is 25.2 Å². The number of aromatic amines is 1. The van der Waals surface area contributed by atoms with Crippen LogP contribution in [0.2, 0.25) is 0 Å². The summed E-state index contributed by atoms with van der Waals surface area (Å²) in [6.07, 6.45) is 3.53. The van der Waals surface area contributed by atoms with Crippen LogP contribution in [-0.4, -0.2) is 75.6 Å². The monoisotopic (exact) mass is 546 g/mol. The normalized spacial score (nSPS) is 17.7. The first kappa shape index (κ1) is 26.3. The molecule has 6 rings (SSSR count). The fraction of sp³-hybridized carbons (Fsp3) is 0.345. The summed E-state index contributed by atoms with van der Waals surface area (Å²) in [4.78, 5) is 28.7. The number of rotatable bonds is 6. The van der Waals surface area contributed by atoms with Crippen LogP contribution in [0, 0.1) is 5.82 Å². The molecule has 0 saturated carbocycles. The van der Waals surface area contributed by atoms with E-state index in [9.17, 15) is 15.0 Å². The summed E-state index contributed by atoms with van der Waals surface area (Å²) in [6.45, 7) is 3.71. The van der Waals surface area contributed by atoms with Crippen LogP contribution in [0.4, 0.5) is 21.6 Å². The fourth-order valence-electron chi connectivity index (χ4n) is 5.27. The first-order valence-electron chi connectivity index (χ1n) is 13.4. The number of piperidine rings is 1. The van der Waals surface area contributed by atoms with E-state index in [2.05, 4.69) is 25.2 Å². The number of aliphatic hydroxyl groups is 2. The Labute approximate surface area is 230 Å². The predicted molar refractivity (Wildman–Crippen MR) is 150 cm³/mol. The van der Waals surface area contributed by atoms with Gasteiger partial charge in [0.1, 0.15) is 17.9 Å². The van der Waals surface area contributed by atoms with Crippen molar-refractivity contribution in [1.29, 1.82) is 0 Å². The van der Waals surface area contributed by atoms with E-state index in [1.165, 1.54) is 12.3 Å². The van der Waals surface area contributed by atoms with E-state index in [4.69, 9.17) is 4.74 Å². The lowest BCUT2D eigenvalue weighted by molar-refractivity contribution is -0.0603. The van der Waals surface area contributed by atoms with E-state index in [0.717, 1.165) is 31.6 Å². The van der Waals surface area contributed by atoms with Crippen LogP contribution in [-0.2, 0) is 4.74 Å². The van der Waals surface area contributed by atoms with Crippen molar-refractivity contribution in [3.05, 3.63) is 76.6 Å². The lowest BCUT2D eigenvalue weighted by Gasteiger charge is -2.31. The van der Waals surface area contributed by atoms with Crippen molar-refractivity contribution in [1.82, 2.24) is 19.9 Å². The molecule has 4 aromatic rings. The van der Waals surface area contributed by atoms with Gasteiger partial charge in [-0.05, 0) is 54.8 Å². The van der Waals surface area contributed by atoms with Gasteiger partial charge in [0.15, 0.2) is 0 Å². The second kappa shape index (κ2) is 11.3. The van der Waals surface area contributed by atoms with Gasteiger partial charge in [0.05, 0.1) is 53.5 Å². The highest BCUT2D eigenvalue weighted by Crippen LogP contribution is 2.32. The van der Waals surface area contributed by atoms with Crippen LogP contribution in [0.15, 0.2) is 59.7 Å². The summed E-state index contributed by atoms with van der Waals surface area (Å²) in [7, 11) is 0. The number of halogens is 1. The van der Waals surface area contributed by atoms with Crippen LogP contribution in [0.1, 0.15) is 24.6 Å². The number of hydrogen-bond donors (Lipinski definition) is 4. The third-order valence-corrected chi connectivity index (χ3v) is 7.53. The Morgan fingerprint density at radius 2 is 1.88 bits per heavy atom. The topological polar surface area (TPSA) is 127 Å². The number of aromatic nitrogens is 3. The van der Waals surface area contributed by atoms with Crippen molar-refractivity contribution in [2.24, 2.45) is 0 Å². The molecule has 40 heavy (non-hydrogen) atoms. The average Bonchev–Trinajstić information content (AvgIpc) is 2.98. The summed E-state index contributed by atoms with van der Waals surface area (Å²) in [5.41, 5.74) is 2.52. The molecular weight excluding hydrogens is 515 g/mol. The molecule has 1 unspecified atom stereocenters. The Morgan fingerprint density at radius 1 is 1.07 bits per heavy atom. The van der Waals surface area contributed by atoms with Crippen molar-refractivity contribution in [2.75, 3.05) is 49.6 Å². The minimum absolute atomic E-state index is 0.214. The number of fused-ring (bicyclic) bond motifs is 1. The second-order valence-electron chi connectivity index (χ2n) is 10.1. The summed E-state index contributed by atoms with van der Waals surface area (Å²) >= 11 is 0. The molecule has 2 aliphatic rings. The fourth-order valence-corrected chi connectivity index (χ4v) is 5.27. The highest BCUT2D eigenvalue weighted by molar-refractivity contribution is 5.94. The zero-order valence-corrected chi connectivity index (χ0v) is 21.9. The van der Waals surface area contributed by atoms with E-state index in [1.807, 2.05) is 17.0 Å². The van der Waals surface area contributed by atoms with Crippen molar-refractivity contribution in [3.63, 3.8) is 0 Å². The molecule has 5 heterocycles. The largest absolute Gasteiger partial charge is 0.393 e. The Kier molecular flexibility index (Phi) is 7.44. The summed E-state index contributed by atoms with van der Waals surface area (Å²) in [6, 6.07) is 11.5. The number of ether oxygens (including phenoxy) is 1. The Hall–Kier alpha value is -3.90. The van der Waals surface area contributed by atoms with Crippen molar-refractivity contribution >= 4 is 28.1 Å². The summed E-state index contributed by atoms with van der Waals surface area (Å²) in [5.74, 6) is 0.0224. The van der Waals surface area contributed by atoms with E-state index in [1.54, 1.807) is 30.5 Å². The maximum Gasteiger partial charge on any atom is 0.259 e. The zero-order valence-electron chi connectivity index (χ0n) is 21.9. The standard InChI is InChI=1S/C29H31FN6O4/c30-22-3-1-18(29(39)36-11-13-40-14-12-36)15-21(22)24-16-25(27-23(33-24)5-8-31-28(27)38)34-26-4-2-19(17-32-26)35-9-6-20(37)7-10-35/h1-5,8,15-17,20,29,37,39H,6-7,9-14H2,(H,31,38)(H,32,33,34). The van der Waals surface area contributed by atoms with E-state index in [-0.39, 0.29) is 17.2 Å². The van der Waals surface area contributed by atoms with Gasteiger partial charge in [0.2, 0.25) is 0 Å². The van der Waals surface area contributed by atoms with Gasteiger partial charge < -0.3 is 30.2 Å². The SMILES string of the molecule is O=c1[nH]ccc2nc(-c3cc(C(O)N4CCOCC4)ccc3F)cc(Nc3ccc(N4CCC(O)CC4)cn3)c12. The van der Waals surface area contributed by atoms with Crippen LogP contribution in [0.25, 0.3) is 22.2 Å². The molecule has 11 heteroatoms. The quantitative estimate of drug-likeness (QED) is 0.288. The lowest BCUT2D eigenvalue weighted by atomic mass is 10.0. The molecule has 2 aliphatic heterocycles. The van der Waals surface area contributed by atoms with Gasteiger partial charge in [-0.2, -0.15) is 0 Å². The molecule has 0 bridgehead atoms. The Morgan fingerprint density at radius 3 is 2.62 bits per heavy atom. The number of pyridine rings is 3. The van der Waals surface area contributed by atoms with Gasteiger partial charge in [0.25, 0.3) is 5.56 Å². The molecule has 10 nitrogen and oxygen atoms in total. The van der Waals surface area contributed by atoms with E-state index >= 15 is 4.39 Å². The molecule has 0 aliphatic carbocycles. The molecule has 0 radical (unpaired) electrons. The number of anilines is 3. The Balaban J connectivity index is 1.34. The summed E-state index contributed by atoms with van der Waals surface area (Å²) < 4.78 is 20.5. The number of aliphatic hydroxyl groups excluding tert-OH is 2. The molecule has 3 aromatic heterocycles. The maximum atomic E-state index is 15.2. The lowest BCUT2D eigenvalue weighted by Crippen LogP contribution is -2.39. The highest BCUT2D eigenvalue weighted by atomic mass is 19.1. The smallest absolute Gasteiger partial charge is 0.259 e. The maximum absolute atomic E-state index is 15.2. The first-order chi connectivity index (χ1) is 19.5. The van der Waals surface area contributed by atoms with Gasteiger partial charge in [-0.1, -0.05) is 6.07 Å². The minimum atomic E-state index is -0.907. The molecule has 2 saturated heterocycles. The van der Waals surface area contributed by atoms with Gasteiger partial charge in [-0.25, -0.2) is 14.4 Å². The van der Waals surface area contributed by atoms with Crippen molar-refractivity contribution in [3.8, 4) is 11.3 Å². The number of morpholine rings is 1. The first-order valence-corrected chi connectivity index (χ1v) is 13.4. The predicted octanol–water partition coefficient (Wildman–Crippen LogP) is 3.15. The number of nitrogens with zero attached hydrogens (tertiary/aromatic N) is 4. The average molecular weight is 547 g/mol. The van der Waals surface area contributed by atoms with Gasteiger partial charge in [-0.15, -0.1) is 0 Å². The molecule has 208 valence electrons. The van der Waals surface area contributed by atoms with Gasteiger partial charge in [-0.3, -0.25) is 9.69 Å².